The molecule has 1 atom stereocenters. The summed E-state index contributed by atoms with van der Waals surface area (Å²) < 4.78 is 5.37. The maximum atomic E-state index is 5.93. The second-order valence-electron chi connectivity index (χ2n) is 3.40. The van der Waals surface area contributed by atoms with E-state index >= 15 is 0 Å². The normalized spacial score (nSPS) is 21.9. The Balaban J connectivity index is 1.99. The molecule has 2 rings (SSSR count). The molecular weight excluding hydrogens is 200 g/mol. The van der Waals surface area contributed by atoms with E-state index in [1.807, 2.05) is 12.1 Å². The Bertz CT molecular complexity index is 300. The number of hydrogen-bond donors (Lipinski definition) is 1. The zero-order valence-electron chi connectivity index (χ0n) is 7.87. The van der Waals surface area contributed by atoms with Crippen molar-refractivity contribution in [2.24, 2.45) is 0 Å². The highest BCUT2D eigenvalue weighted by Crippen LogP contribution is 2.20. The number of rotatable bonds is 2. The van der Waals surface area contributed by atoms with E-state index in [0.717, 1.165) is 31.7 Å². The third-order valence-electron chi connectivity index (χ3n) is 2.28. The van der Waals surface area contributed by atoms with Crippen molar-refractivity contribution < 1.29 is 4.74 Å². The summed E-state index contributed by atoms with van der Waals surface area (Å²) in [4.78, 5) is 4.01. The van der Waals surface area contributed by atoms with Gasteiger partial charge in [-0.2, -0.15) is 0 Å². The first-order chi connectivity index (χ1) is 6.86. The largest absolute Gasteiger partial charge is 0.379 e. The number of halogens is 1. The lowest BCUT2D eigenvalue weighted by Crippen LogP contribution is -2.30. The number of nitrogens with zero attached hydrogens (tertiary/aromatic N) is 1. The van der Waals surface area contributed by atoms with Gasteiger partial charge in [-0.3, -0.25) is 0 Å². The average Bonchev–Trinajstić information content (AvgIpc) is 2.23. The minimum atomic E-state index is 0.366. The molecule has 4 heteroatoms. The van der Waals surface area contributed by atoms with Gasteiger partial charge in [0.15, 0.2) is 5.15 Å². The molecule has 0 aliphatic carbocycles. The summed E-state index contributed by atoms with van der Waals surface area (Å²) in [7, 11) is 0. The van der Waals surface area contributed by atoms with Crippen molar-refractivity contribution in [3.63, 3.8) is 0 Å². The maximum absolute atomic E-state index is 5.93. The van der Waals surface area contributed by atoms with Crippen molar-refractivity contribution in [1.29, 1.82) is 0 Å². The number of anilines is 1. The first kappa shape index (κ1) is 9.74. The second kappa shape index (κ2) is 4.62. The number of ether oxygens (including phenoxy) is 1. The summed E-state index contributed by atoms with van der Waals surface area (Å²) in [6.45, 7) is 1.63. The van der Waals surface area contributed by atoms with Crippen LogP contribution in [-0.2, 0) is 4.74 Å². The van der Waals surface area contributed by atoms with E-state index in [1.54, 1.807) is 6.20 Å². The molecule has 1 saturated heterocycles. The van der Waals surface area contributed by atoms with Crippen molar-refractivity contribution in [3.05, 3.63) is 23.5 Å². The molecule has 3 nitrogen and oxygen atoms in total. The molecular formula is C10H13ClN2O. The predicted octanol–water partition coefficient (Wildman–Crippen LogP) is 2.33. The van der Waals surface area contributed by atoms with Crippen LogP contribution in [0.2, 0.25) is 5.15 Å². The van der Waals surface area contributed by atoms with Gasteiger partial charge in [-0.25, -0.2) is 4.98 Å². The Hall–Kier alpha value is -0.800. The topological polar surface area (TPSA) is 34.2 Å². The number of hydrogen-bond acceptors (Lipinski definition) is 3. The summed E-state index contributed by atoms with van der Waals surface area (Å²) in [6, 6.07) is 4.17. The molecule has 2 heterocycles. The quantitative estimate of drug-likeness (QED) is 0.765. The molecule has 0 bridgehead atoms. The van der Waals surface area contributed by atoms with E-state index in [9.17, 15) is 0 Å². The zero-order chi connectivity index (χ0) is 9.80. The molecule has 1 aliphatic heterocycles. The second-order valence-corrected chi connectivity index (χ2v) is 3.76. The van der Waals surface area contributed by atoms with Crippen LogP contribution in [0, 0.1) is 0 Å². The Kier molecular flexibility index (Phi) is 3.22. The van der Waals surface area contributed by atoms with E-state index in [4.69, 9.17) is 16.3 Å². The van der Waals surface area contributed by atoms with Crippen LogP contribution < -0.4 is 5.32 Å². The van der Waals surface area contributed by atoms with Crippen LogP contribution in [0.3, 0.4) is 0 Å². The fourth-order valence-corrected chi connectivity index (χ4v) is 1.74. The van der Waals surface area contributed by atoms with Gasteiger partial charge in [0.05, 0.1) is 12.3 Å². The fraction of sp³-hybridized carbons (Fsp3) is 0.500. The van der Waals surface area contributed by atoms with Crippen LogP contribution in [-0.4, -0.2) is 24.2 Å². The molecule has 1 aromatic heterocycles. The molecule has 0 saturated carbocycles. The van der Waals surface area contributed by atoms with Crippen LogP contribution >= 0.6 is 11.6 Å². The lowest BCUT2D eigenvalue weighted by molar-refractivity contribution is 0.0876. The van der Waals surface area contributed by atoms with Gasteiger partial charge >= 0.3 is 0 Å². The standard InChI is InChI=1S/C10H13ClN2O/c11-10-9(4-1-5-12-10)13-8-3-2-6-14-7-8/h1,4-5,8,13H,2-3,6-7H2. The van der Waals surface area contributed by atoms with E-state index in [1.165, 1.54) is 0 Å². The van der Waals surface area contributed by atoms with E-state index < -0.39 is 0 Å². The summed E-state index contributed by atoms with van der Waals surface area (Å²) in [6.07, 6.45) is 3.92. The van der Waals surface area contributed by atoms with Crippen LogP contribution in [0.25, 0.3) is 0 Å². The van der Waals surface area contributed by atoms with Gasteiger partial charge in [0.25, 0.3) is 0 Å². The zero-order valence-corrected chi connectivity index (χ0v) is 8.63. The molecule has 76 valence electrons. The highest BCUT2D eigenvalue weighted by atomic mass is 35.5. The maximum Gasteiger partial charge on any atom is 0.152 e. The summed E-state index contributed by atoms with van der Waals surface area (Å²) in [5.41, 5.74) is 0.893. The smallest absolute Gasteiger partial charge is 0.152 e. The molecule has 14 heavy (non-hydrogen) atoms. The number of pyridine rings is 1. The van der Waals surface area contributed by atoms with Gasteiger partial charge in [-0.1, -0.05) is 11.6 Å². The van der Waals surface area contributed by atoms with Crippen LogP contribution in [0.15, 0.2) is 18.3 Å². The first-order valence-electron chi connectivity index (χ1n) is 4.81. The Morgan fingerprint density at radius 2 is 2.50 bits per heavy atom. The summed E-state index contributed by atoms with van der Waals surface area (Å²) in [5, 5.41) is 3.86. The van der Waals surface area contributed by atoms with Gasteiger partial charge in [0.1, 0.15) is 0 Å². The highest BCUT2D eigenvalue weighted by Gasteiger charge is 2.14. The molecule has 0 spiro atoms. The summed E-state index contributed by atoms with van der Waals surface area (Å²) in [5.74, 6) is 0. The molecule has 0 amide bonds. The average molecular weight is 213 g/mol. The van der Waals surface area contributed by atoms with E-state index in [2.05, 4.69) is 10.3 Å². The monoisotopic (exact) mass is 212 g/mol. The third-order valence-corrected chi connectivity index (χ3v) is 2.58. The Morgan fingerprint density at radius 1 is 1.57 bits per heavy atom. The molecule has 0 radical (unpaired) electrons. The molecule has 0 aromatic carbocycles. The number of aromatic nitrogens is 1. The lowest BCUT2D eigenvalue weighted by atomic mass is 10.1. The molecule has 1 aliphatic rings. The van der Waals surface area contributed by atoms with Gasteiger partial charge in [0, 0.05) is 18.8 Å². The molecule has 1 unspecified atom stereocenters. The summed E-state index contributed by atoms with van der Waals surface area (Å²) >= 11 is 5.93. The first-order valence-corrected chi connectivity index (χ1v) is 5.19. The molecule has 1 N–H and O–H groups in total. The minimum absolute atomic E-state index is 0.366. The highest BCUT2D eigenvalue weighted by molar-refractivity contribution is 6.31. The Morgan fingerprint density at radius 3 is 3.21 bits per heavy atom. The van der Waals surface area contributed by atoms with Crippen molar-refractivity contribution >= 4 is 17.3 Å². The van der Waals surface area contributed by atoms with Crippen LogP contribution in [0.1, 0.15) is 12.8 Å². The third kappa shape index (κ3) is 2.36. The van der Waals surface area contributed by atoms with E-state index in [0.29, 0.717) is 11.2 Å². The van der Waals surface area contributed by atoms with Crippen LogP contribution in [0.5, 0.6) is 0 Å². The van der Waals surface area contributed by atoms with Gasteiger partial charge < -0.3 is 10.1 Å². The van der Waals surface area contributed by atoms with Crippen molar-refractivity contribution in [3.8, 4) is 0 Å². The Labute approximate surface area is 88.4 Å². The molecule has 1 aromatic rings. The predicted molar refractivity (Wildman–Crippen MR) is 56.7 cm³/mol. The minimum Gasteiger partial charge on any atom is -0.379 e. The van der Waals surface area contributed by atoms with Gasteiger partial charge in [-0.15, -0.1) is 0 Å². The molecule has 1 fully saturated rings. The fourth-order valence-electron chi connectivity index (χ4n) is 1.57. The van der Waals surface area contributed by atoms with E-state index in [-0.39, 0.29) is 0 Å². The van der Waals surface area contributed by atoms with Gasteiger partial charge in [-0.05, 0) is 25.0 Å². The van der Waals surface area contributed by atoms with Crippen molar-refractivity contribution in [2.75, 3.05) is 18.5 Å². The van der Waals surface area contributed by atoms with Gasteiger partial charge in [0.2, 0.25) is 0 Å². The number of nitrogens with one attached hydrogen (secondary N) is 1. The lowest BCUT2D eigenvalue weighted by Gasteiger charge is -2.24. The van der Waals surface area contributed by atoms with Crippen molar-refractivity contribution in [1.82, 2.24) is 4.98 Å². The van der Waals surface area contributed by atoms with Crippen molar-refractivity contribution in [2.45, 2.75) is 18.9 Å². The van der Waals surface area contributed by atoms with Crippen LogP contribution in [0.4, 0.5) is 5.69 Å². The SMILES string of the molecule is Clc1ncccc1NC1CCCOC1.